The van der Waals surface area contributed by atoms with Gasteiger partial charge in [0.05, 0.1) is 0 Å². The largest absolute Gasteiger partial charge is 0.381 e. The Kier molecular flexibility index (Phi) is 5.88. The number of hydrogen-bond donors (Lipinski definition) is 1. The quantitative estimate of drug-likeness (QED) is 0.811. The summed E-state index contributed by atoms with van der Waals surface area (Å²) >= 11 is 0. The molecule has 0 aliphatic carbocycles. The van der Waals surface area contributed by atoms with Crippen LogP contribution in [0.15, 0.2) is 0 Å². The van der Waals surface area contributed by atoms with Gasteiger partial charge < -0.3 is 15.0 Å². The minimum Gasteiger partial charge on any atom is -0.381 e. The number of rotatable bonds is 6. The molecule has 2 heterocycles. The van der Waals surface area contributed by atoms with Crippen LogP contribution in [0.4, 0.5) is 0 Å². The Labute approximate surface area is 125 Å². The zero-order valence-electron chi connectivity index (χ0n) is 13.8. The molecule has 2 fully saturated rings. The average molecular weight is 282 g/mol. The van der Waals surface area contributed by atoms with Crippen LogP contribution in [-0.4, -0.2) is 51.3 Å². The third-order valence-electron chi connectivity index (χ3n) is 6.08. The highest BCUT2D eigenvalue weighted by molar-refractivity contribution is 4.90. The Bertz CT molecular complexity index is 267. The van der Waals surface area contributed by atoms with Gasteiger partial charge in [0, 0.05) is 26.3 Å². The van der Waals surface area contributed by atoms with Crippen molar-refractivity contribution in [3.8, 4) is 0 Å². The van der Waals surface area contributed by atoms with Crippen molar-refractivity contribution in [2.75, 3.05) is 46.4 Å². The zero-order valence-corrected chi connectivity index (χ0v) is 13.8. The third kappa shape index (κ3) is 3.75. The summed E-state index contributed by atoms with van der Waals surface area (Å²) in [5.41, 5.74) is 1.09. The van der Waals surface area contributed by atoms with Crippen LogP contribution in [0, 0.1) is 10.8 Å². The second-order valence-electron chi connectivity index (χ2n) is 7.13. The van der Waals surface area contributed by atoms with E-state index >= 15 is 0 Å². The van der Waals surface area contributed by atoms with E-state index in [1.807, 2.05) is 0 Å². The summed E-state index contributed by atoms with van der Waals surface area (Å²) in [4.78, 5) is 2.73. The summed E-state index contributed by atoms with van der Waals surface area (Å²) in [6.45, 7) is 11.6. The molecule has 0 aromatic heterocycles. The van der Waals surface area contributed by atoms with Crippen LogP contribution in [0.1, 0.15) is 52.4 Å². The monoisotopic (exact) mass is 282 g/mol. The summed E-state index contributed by atoms with van der Waals surface area (Å²) in [6.07, 6.45) is 7.94. The lowest BCUT2D eigenvalue weighted by Gasteiger charge is -2.46. The molecule has 2 aliphatic heterocycles. The molecule has 0 saturated carbocycles. The van der Waals surface area contributed by atoms with E-state index in [1.54, 1.807) is 0 Å². The molecule has 1 N–H and O–H groups in total. The van der Waals surface area contributed by atoms with Gasteiger partial charge in [0.15, 0.2) is 0 Å². The van der Waals surface area contributed by atoms with Crippen LogP contribution < -0.4 is 5.32 Å². The maximum absolute atomic E-state index is 5.58. The molecule has 0 spiro atoms. The van der Waals surface area contributed by atoms with Crippen LogP contribution in [0.2, 0.25) is 0 Å². The van der Waals surface area contributed by atoms with Gasteiger partial charge in [-0.15, -0.1) is 0 Å². The summed E-state index contributed by atoms with van der Waals surface area (Å²) in [7, 11) is 2.09. The Morgan fingerprint density at radius 2 is 1.55 bits per heavy atom. The first-order valence-corrected chi connectivity index (χ1v) is 8.62. The Morgan fingerprint density at radius 3 is 2.05 bits per heavy atom. The van der Waals surface area contributed by atoms with E-state index in [1.165, 1.54) is 58.2 Å². The van der Waals surface area contributed by atoms with Gasteiger partial charge in [-0.2, -0.15) is 0 Å². The van der Waals surface area contributed by atoms with Gasteiger partial charge in [0.2, 0.25) is 0 Å². The van der Waals surface area contributed by atoms with E-state index in [0.717, 1.165) is 19.8 Å². The molecule has 2 aliphatic rings. The topological polar surface area (TPSA) is 24.5 Å². The van der Waals surface area contributed by atoms with Gasteiger partial charge in [-0.25, -0.2) is 0 Å². The van der Waals surface area contributed by atoms with Crippen molar-refractivity contribution < 1.29 is 4.74 Å². The fourth-order valence-corrected chi connectivity index (χ4v) is 4.19. The fourth-order valence-electron chi connectivity index (χ4n) is 4.19. The van der Waals surface area contributed by atoms with Crippen LogP contribution >= 0.6 is 0 Å². The molecule has 0 aromatic carbocycles. The summed E-state index contributed by atoms with van der Waals surface area (Å²) in [5.74, 6) is 0. The summed E-state index contributed by atoms with van der Waals surface area (Å²) in [6, 6.07) is 0. The molecule has 0 amide bonds. The predicted molar refractivity (Wildman–Crippen MR) is 85.1 cm³/mol. The fraction of sp³-hybridized carbons (Fsp3) is 1.00. The van der Waals surface area contributed by atoms with Crippen molar-refractivity contribution in [1.82, 2.24) is 10.2 Å². The molecule has 2 saturated heterocycles. The third-order valence-corrected chi connectivity index (χ3v) is 6.08. The maximum Gasteiger partial charge on any atom is 0.0472 e. The highest BCUT2D eigenvalue weighted by atomic mass is 16.5. The highest BCUT2D eigenvalue weighted by Gasteiger charge is 2.37. The second-order valence-corrected chi connectivity index (χ2v) is 7.13. The molecule has 0 radical (unpaired) electrons. The molecular weight excluding hydrogens is 248 g/mol. The first-order chi connectivity index (χ1) is 9.67. The van der Waals surface area contributed by atoms with Crippen molar-refractivity contribution in [3.05, 3.63) is 0 Å². The van der Waals surface area contributed by atoms with E-state index in [9.17, 15) is 0 Å². The molecule has 3 nitrogen and oxygen atoms in total. The molecule has 0 unspecified atom stereocenters. The van der Waals surface area contributed by atoms with Crippen molar-refractivity contribution in [2.24, 2.45) is 10.8 Å². The van der Waals surface area contributed by atoms with E-state index < -0.39 is 0 Å². The zero-order chi connectivity index (χ0) is 14.5. The van der Waals surface area contributed by atoms with Gasteiger partial charge in [0.1, 0.15) is 0 Å². The lowest BCUT2D eigenvalue weighted by molar-refractivity contribution is -0.0160. The van der Waals surface area contributed by atoms with Gasteiger partial charge in [0.25, 0.3) is 0 Å². The van der Waals surface area contributed by atoms with Crippen molar-refractivity contribution in [1.29, 1.82) is 0 Å². The van der Waals surface area contributed by atoms with E-state index in [0.29, 0.717) is 10.8 Å². The second kappa shape index (κ2) is 7.24. The Balaban J connectivity index is 1.89. The molecule has 2 rings (SSSR count). The van der Waals surface area contributed by atoms with E-state index in [-0.39, 0.29) is 0 Å². The molecule has 0 aromatic rings. The van der Waals surface area contributed by atoms with Crippen LogP contribution in [-0.2, 0) is 4.74 Å². The number of ether oxygens (including phenoxy) is 1. The lowest BCUT2D eigenvalue weighted by Crippen LogP contribution is -2.50. The molecular formula is C17H34N2O. The summed E-state index contributed by atoms with van der Waals surface area (Å²) < 4.78 is 5.58. The minimum atomic E-state index is 0.450. The van der Waals surface area contributed by atoms with E-state index in [2.05, 4.69) is 31.1 Å². The standard InChI is InChI=1S/C17H34N2O/c1-4-16(5-2)6-10-19(11-7-16)15-17(14-18-3)8-12-20-13-9-17/h18H,4-15H2,1-3H3. The Morgan fingerprint density at radius 1 is 0.950 bits per heavy atom. The van der Waals surface area contributed by atoms with Crippen molar-refractivity contribution >= 4 is 0 Å². The highest BCUT2D eigenvalue weighted by Crippen LogP contribution is 2.39. The molecule has 0 atom stereocenters. The SMILES string of the molecule is CCC1(CC)CCN(CC2(CNC)CCOCC2)CC1. The van der Waals surface area contributed by atoms with Gasteiger partial charge in [-0.3, -0.25) is 0 Å². The number of nitrogens with zero attached hydrogens (tertiary/aromatic N) is 1. The lowest BCUT2D eigenvalue weighted by atomic mass is 9.73. The minimum absolute atomic E-state index is 0.450. The first-order valence-electron chi connectivity index (χ1n) is 8.62. The average Bonchev–Trinajstić information content (AvgIpc) is 2.49. The maximum atomic E-state index is 5.58. The van der Waals surface area contributed by atoms with Gasteiger partial charge in [-0.1, -0.05) is 26.7 Å². The normalized spacial score (nSPS) is 26.6. The smallest absolute Gasteiger partial charge is 0.0472 e. The first kappa shape index (κ1) is 16.3. The van der Waals surface area contributed by atoms with Crippen LogP contribution in [0.3, 0.4) is 0 Å². The van der Waals surface area contributed by atoms with Gasteiger partial charge in [-0.05, 0) is 56.7 Å². The molecule has 20 heavy (non-hydrogen) atoms. The van der Waals surface area contributed by atoms with Gasteiger partial charge >= 0.3 is 0 Å². The molecule has 118 valence electrons. The number of likely N-dealkylation sites (tertiary alicyclic amines) is 1. The molecule has 0 bridgehead atoms. The number of hydrogen-bond acceptors (Lipinski definition) is 3. The Hall–Kier alpha value is -0.120. The van der Waals surface area contributed by atoms with Crippen LogP contribution in [0.25, 0.3) is 0 Å². The van der Waals surface area contributed by atoms with Crippen LogP contribution in [0.5, 0.6) is 0 Å². The number of nitrogens with one attached hydrogen (secondary N) is 1. The predicted octanol–water partition coefficient (Wildman–Crippen LogP) is 2.90. The van der Waals surface area contributed by atoms with Crippen molar-refractivity contribution in [2.45, 2.75) is 52.4 Å². The summed E-state index contributed by atoms with van der Waals surface area (Å²) in [5, 5.41) is 3.42. The molecule has 3 heteroatoms. The van der Waals surface area contributed by atoms with Crippen molar-refractivity contribution in [3.63, 3.8) is 0 Å². The van der Waals surface area contributed by atoms with E-state index in [4.69, 9.17) is 4.74 Å². The number of piperidine rings is 1.